The molecule has 0 saturated carbocycles. The highest BCUT2D eigenvalue weighted by atomic mass is 35.5. The topological polar surface area (TPSA) is 50.4 Å². The largest absolute Gasteiger partial charge is 0.383 e. The van der Waals surface area contributed by atoms with Crippen molar-refractivity contribution in [1.29, 1.82) is 0 Å². The van der Waals surface area contributed by atoms with E-state index in [1.54, 1.807) is 12.5 Å². The fraction of sp³-hybridized carbons (Fsp3) is 0.545. The van der Waals surface area contributed by atoms with Crippen molar-refractivity contribution in [2.24, 2.45) is 0 Å². The molecule has 20 heavy (non-hydrogen) atoms. The summed E-state index contributed by atoms with van der Waals surface area (Å²) in [6, 6.07) is 1.53. The number of thioether (sulfide) groups is 1. The first-order valence-electron chi connectivity index (χ1n) is 5.65. The van der Waals surface area contributed by atoms with Gasteiger partial charge in [-0.15, -0.1) is 23.7 Å². The molecule has 1 aromatic heterocycles. The van der Waals surface area contributed by atoms with Crippen molar-refractivity contribution in [2.45, 2.75) is 10.7 Å². The van der Waals surface area contributed by atoms with Crippen LogP contribution >= 0.6 is 35.5 Å². The molecule has 1 rings (SSSR count). The van der Waals surface area contributed by atoms with Crippen LogP contribution in [-0.4, -0.2) is 45.0 Å². The molecule has 0 aromatic carbocycles. The van der Waals surface area contributed by atoms with Crippen molar-refractivity contribution in [1.82, 2.24) is 10.6 Å². The Labute approximate surface area is 131 Å². The van der Waals surface area contributed by atoms with Crippen LogP contribution in [0.5, 0.6) is 0 Å². The van der Waals surface area contributed by atoms with Crippen molar-refractivity contribution >= 4 is 41.4 Å². The number of amides is 1. The maximum atomic E-state index is 12.3. The third kappa shape index (κ3) is 7.39. The Morgan fingerprint density at radius 1 is 1.45 bits per heavy atom. The second-order valence-electron chi connectivity index (χ2n) is 3.49. The molecule has 0 aliphatic carbocycles. The first-order chi connectivity index (χ1) is 9.15. The molecule has 1 aromatic rings. The van der Waals surface area contributed by atoms with Gasteiger partial charge < -0.3 is 15.4 Å². The summed E-state index contributed by atoms with van der Waals surface area (Å²) < 4.78 is 29.4. The van der Waals surface area contributed by atoms with Gasteiger partial charge in [0.05, 0.1) is 6.61 Å². The first kappa shape index (κ1) is 19.6. The molecule has 1 heterocycles. The zero-order chi connectivity index (χ0) is 14.1. The van der Waals surface area contributed by atoms with Crippen LogP contribution in [-0.2, 0) is 4.74 Å². The third-order valence-corrected chi connectivity index (χ3v) is 3.94. The number of ether oxygens (including phenoxy) is 1. The molecule has 4 nitrogen and oxygen atoms in total. The van der Waals surface area contributed by atoms with Crippen molar-refractivity contribution in [3.63, 3.8) is 0 Å². The molecule has 0 radical (unpaired) electrons. The lowest BCUT2D eigenvalue weighted by molar-refractivity contribution is 0.0955. The van der Waals surface area contributed by atoms with Crippen LogP contribution in [0.15, 0.2) is 16.3 Å². The molecule has 116 valence electrons. The van der Waals surface area contributed by atoms with E-state index in [1.165, 1.54) is 6.07 Å². The maximum Gasteiger partial charge on any atom is 0.288 e. The molecule has 0 aliphatic heterocycles. The van der Waals surface area contributed by atoms with Gasteiger partial charge in [0.25, 0.3) is 11.7 Å². The van der Waals surface area contributed by atoms with Crippen LogP contribution in [0.3, 0.4) is 0 Å². The quantitative estimate of drug-likeness (QED) is 0.532. The molecule has 0 bridgehead atoms. The van der Waals surface area contributed by atoms with E-state index < -0.39 is 5.76 Å². The van der Waals surface area contributed by atoms with E-state index in [-0.39, 0.29) is 18.3 Å². The van der Waals surface area contributed by atoms with Gasteiger partial charge in [-0.3, -0.25) is 4.79 Å². The van der Waals surface area contributed by atoms with Crippen molar-refractivity contribution < 1.29 is 18.3 Å². The Bertz CT molecular complexity index is 394. The van der Waals surface area contributed by atoms with Crippen molar-refractivity contribution in [3.8, 4) is 0 Å². The lowest BCUT2D eigenvalue weighted by atomic mass is 10.4. The second kappa shape index (κ2) is 11.3. The Morgan fingerprint density at radius 3 is 2.85 bits per heavy atom. The van der Waals surface area contributed by atoms with Gasteiger partial charge in [0.2, 0.25) is 0 Å². The van der Waals surface area contributed by atoms with Crippen LogP contribution in [0.2, 0.25) is 0 Å². The number of hydrogen-bond acceptors (Lipinski definition) is 5. The second-order valence-corrected chi connectivity index (χ2v) is 5.44. The fourth-order valence-corrected chi connectivity index (χ4v) is 2.91. The van der Waals surface area contributed by atoms with Crippen LogP contribution in [0.25, 0.3) is 0 Å². The minimum atomic E-state index is -2.52. The highest BCUT2D eigenvalue weighted by Gasteiger charge is 2.16. The predicted octanol–water partition coefficient (Wildman–Crippen LogP) is 2.45. The smallest absolute Gasteiger partial charge is 0.288 e. The highest BCUT2D eigenvalue weighted by molar-refractivity contribution is 7.99. The summed E-state index contributed by atoms with van der Waals surface area (Å²) in [7, 11) is 1.61. The summed E-state index contributed by atoms with van der Waals surface area (Å²) in [5.74, 6) is -2.83. The highest BCUT2D eigenvalue weighted by Crippen LogP contribution is 2.31. The Kier molecular flexibility index (Phi) is 11.0. The molecule has 0 unspecified atom stereocenters. The molecular weight excluding hydrogens is 330 g/mol. The fourth-order valence-electron chi connectivity index (χ4n) is 1.30. The number of nitrogens with one attached hydrogen (secondary N) is 2. The summed E-state index contributed by atoms with van der Waals surface area (Å²) in [4.78, 5) is 12.4. The van der Waals surface area contributed by atoms with E-state index in [0.29, 0.717) is 47.8 Å². The molecule has 0 atom stereocenters. The Balaban J connectivity index is 0.00000361. The van der Waals surface area contributed by atoms with Crippen LogP contribution in [0.4, 0.5) is 8.78 Å². The van der Waals surface area contributed by atoms with Crippen LogP contribution in [0.1, 0.15) is 9.67 Å². The van der Waals surface area contributed by atoms with Gasteiger partial charge in [-0.25, -0.2) is 0 Å². The summed E-state index contributed by atoms with van der Waals surface area (Å²) in [6.45, 7) is 2.36. The van der Waals surface area contributed by atoms with Gasteiger partial charge in [0.1, 0.15) is 4.88 Å². The van der Waals surface area contributed by atoms with Gasteiger partial charge in [-0.05, 0) is 11.4 Å². The molecular formula is C11H17ClF2N2O2S2. The molecule has 0 fully saturated rings. The van der Waals surface area contributed by atoms with E-state index in [2.05, 4.69) is 10.6 Å². The van der Waals surface area contributed by atoms with Crippen molar-refractivity contribution in [3.05, 3.63) is 16.3 Å². The SMILES string of the molecule is COCCNCCNC(=O)c1sccc1SC(F)F.Cl. The zero-order valence-electron chi connectivity index (χ0n) is 10.9. The number of alkyl halides is 2. The van der Waals surface area contributed by atoms with Gasteiger partial charge in [-0.2, -0.15) is 8.78 Å². The van der Waals surface area contributed by atoms with E-state index in [0.717, 1.165) is 11.3 Å². The molecule has 0 saturated heterocycles. The van der Waals surface area contributed by atoms with Gasteiger partial charge in [0.15, 0.2) is 0 Å². The molecule has 1 amide bonds. The monoisotopic (exact) mass is 346 g/mol. The number of carbonyl (C=O) groups is 1. The van der Waals surface area contributed by atoms with Crippen LogP contribution in [0, 0.1) is 0 Å². The minimum Gasteiger partial charge on any atom is -0.383 e. The Hall–Kier alpha value is -0.410. The maximum absolute atomic E-state index is 12.3. The minimum absolute atomic E-state index is 0. The average Bonchev–Trinajstić information content (AvgIpc) is 2.80. The molecule has 9 heteroatoms. The zero-order valence-corrected chi connectivity index (χ0v) is 13.3. The third-order valence-electron chi connectivity index (χ3n) is 2.12. The number of rotatable bonds is 9. The van der Waals surface area contributed by atoms with Gasteiger partial charge >= 0.3 is 0 Å². The number of halogens is 3. The standard InChI is InChI=1S/C11H16F2N2O2S2.ClH/c1-17-6-5-14-3-4-15-10(16)9-8(2-7-18-9)19-11(12)13;/h2,7,11,14H,3-6H2,1H3,(H,15,16);1H. The van der Waals surface area contributed by atoms with Crippen LogP contribution < -0.4 is 10.6 Å². The van der Waals surface area contributed by atoms with E-state index >= 15 is 0 Å². The summed E-state index contributed by atoms with van der Waals surface area (Å²) in [6.07, 6.45) is 0. The normalized spacial score (nSPS) is 10.4. The predicted molar refractivity (Wildman–Crippen MR) is 80.5 cm³/mol. The molecule has 2 N–H and O–H groups in total. The summed E-state index contributed by atoms with van der Waals surface area (Å²) >= 11 is 1.56. The Morgan fingerprint density at radius 2 is 2.20 bits per heavy atom. The first-order valence-corrected chi connectivity index (χ1v) is 7.41. The molecule has 0 spiro atoms. The summed E-state index contributed by atoms with van der Waals surface area (Å²) in [5, 5.41) is 7.39. The van der Waals surface area contributed by atoms with E-state index in [9.17, 15) is 13.6 Å². The lowest BCUT2D eigenvalue weighted by Gasteiger charge is -2.07. The number of thiophene rings is 1. The van der Waals surface area contributed by atoms with E-state index in [4.69, 9.17) is 4.74 Å². The summed E-state index contributed by atoms with van der Waals surface area (Å²) in [5.41, 5.74) is 0. The number of hydrogen-bond donors (Lipinski definition) is 2. The van der Waals surface area contributed by atoms with Gasteiger partial charge in [0, 0.05) is 31.6 Å². The molecule has 0 aliphatic rings. The number of methoxy groups -OCH3 is 1. The average molecular weight is 347 g/mol. The number of carbonyl (C=O) groups excluding carboxylic acids is 1. The van der Waals surface area contributed by atoms with E-state index in [1.807, 2.05) is 0 Å². The lowest BCUT2D eigenvalue weighted by Crippen LogP contribution is -2.32. The van der Waals surface area contributed by atoms with Crippen molar-refractivity contribution in [2.75, 3.05) is 33.4 Å². The van der Waals surface area contributed by atoms with Gasteiger partial charge in [-0.1, -0.05) is 11.8 Å².